The van der Waals surface area contributed by atoms with E-state index in [1.54, 1.807) is 0 Å². The van der Waals surface area contributed by atoms with Crippen LogP contribution in [0.25, 0.3) is 0 Å². The minimum Gasteiger partial charge on any atom is -1.00 e. The van der Waals surface area contributed by atoms with Gasteiger partial charge in [-0.3, -0.25) is 0 Å². The van der Waals surface area contributed by atoms with Crippen molar-refractivity contribution in [3.05, 3.63) is 36.4 Å². The summed E-state index contributed by atoms with van der Waals surface area (Å²) in [6, 6.07) is 12.0. The van der Waals surface area contributed by atoms with Gasteiger partial charge in [0.15, 0.2) is 0 Å². The Labute approximate surface area is 115 Å². The van der Waals surface area contributed by atoms with E-state index in [-0.39, 0.29) is 52.8 Å². The minimum atomic E-state index is -4.64. The van der Waals surface area contributed by atoms with Gasteiger partial charge in [0.2, 0.25) is 0 Å². The van der Waals surface area contributed by atoms with Gasteiger partial charge in [-0.05, 0) is 0 Å². The van der Waals surface area contributed by atoms with Crippen LogP contribution in [0.5, 0.6) is 0 Å². The van der Waals surface area contributed by atoms with E-state index < -0.39 is 7.82 Å². The van der Waals surface area contributed by atoms with Crippen LogP contribution in [-0.2, 0) is 4.57 Å². The van der Waals surface area contributed by atoms with Gasteiger partial charge in [-0.25, -0.2) is 4.57 Å². The average molecular weight is 216 g/mol. The van der Waals surface area contributed by atoms with Crippen molar-refractivity contribution in [2.24, 2.45) is 0 Å². The van der Waals surface area contributed by atoms with Gasteiger partial charge in [0.25, 0.3) is 0 Å². The normalized spacial score (nSPS) is 8.92. The first-order valence-electron chi connectivity index (χ1n) is 2.78. The Balaban J connectivity index is -0.000000136. The van der Waals surface area contributed by atoms with Crippen LogP contribution in [0, 0.1) is 0 Å². The zero-order valence-corrected chi connectivity index (χ0v) is 10.7. The zero-order valence-electron chi connectivity index (χ0n) is 7.66. The number of hydrogen-bond donors (Lipinski definition) is 3. The molecule has 1 aromatic carbocycles. The summed E-state index contributed by atoms with van der Waals surface area (Å²) in [5.74, 6) is 0. The minimum absolute atomic E-state index is 0. The summed E-state index contributed by atoms with van der Waals surface area (Å²) < 4.78 is 8.88. The predicted molar refractivity (Wildman–Crippen MR) is 41.8 cm³/mol. The number of hydrogen-bond acceptors (Lipinski definition) is 1. The number of rotatable bonds is 0. The molecule has 6 heteroatoms. The fraction of sp³-hybridized carbons (Fsp3) is 0. The molecular weight excluding hydrogens is 206 g/mol. The topological polar surface area (TPSA) is 77.8 Å². The van der Waals surface area contributed by atoms with E-state index in [1.165, 1.54) is 0 Å². The van der Waals surface area contributed by atoms with Crippen LogP contribution in [0.4, 0.5) is 0 Å². The molecule has 0 saturated heterocycles. The van der Waals surface area contributed by atoms with Crippen LogP contribution >= 0.6 is 7.82 Å². The molecule has 64 valence electrons. The Morgan fingerprint density at radius 1 is 0.833 bits per heavy atom. The van der Waals surface area contributed by atoms with Crippen LogP contribution in [0.2, 0.25) is 0 Å². The van der Waals surface area contributed by atoms with E-state index in [2.05, 4.69) is 0 Å². The van der Waals surface area contributed by atoms with E-state index >= 15 is 0 Å². The van der Waals surface area contributed by atoms with E-state index in [0.717, 1.165) is 0 Å². The van der Waals surface area contributed by atoms with Crippen molar-refractivity contribution in [2.45, 2.75) is 0 Å². The quantitative estimate of drug-likeness (QED) is 0.342. The Morgan fingerprint density at radius 2 is 0.917 bits per heavy atom. The van der Waals surface area contributed by atoms with Gasteiger partial charge in [-0.2, -0.15) is 0 Å². The third-order valence-electron chi connectivity index (χ3n) is 0.667. The molecule has 1 rings (SSSR count). The smallest absolute Gasteiger partial charge is 1.00 e. The molecule has 0 radical (unpaired) electrons. The Hall–Kier alpha value is 0.966. The van der Waals surface area contributed by atoms with Crippen molar-refractivity contribution in [3.63, 3.8) is 0 Å². The maximum atomic E-state index is 8.88. The SMILES string of the molecule is O=P(O)(O)O.[H-].[K+].c1ccccc1. The van der Waals surface area contributed by atoms with Crippen molar-refractivity contribution < 1.29 is 72.1 Å². The van der Waals surface area contributed by atoms with Gasteiger partial charge in [-0.1, -0.05) is 36.4 Å². The molecule has 0 spiro atoms. The Bertz CT molecular complexity index is 192. The third-order valence-corrected chi connectivity index (χ3v) is 0.667. The maximum absolute atomic E-state index is 8.88. The summed E-state index contributed by atoms with van der Waals surface area (Å²) >= 11 is 0. The standard InChI is InChI=1S/C6H6.K.H3O4P.H/c1-2-4-6-5-3-1;;1-5(2,3)4;/h1-6H;;(H3,1,2,3,4);/q;+1;;-1. The monoisotopic (exact) mass is 216 g/mol. The van der Waals surface area contributed by atoms with Crippen LogP contribution in [0.15, 0.2) is 36.4 Å². The van der Waals surface area contributed by atoms with E-state index in [1.807, 2.05) is 36.4 Å². The Kier molecular flexibility index (Phi) is 11.0. The van der Waals surface area contributed by atoms with Gasteiger partial charge >= 0.3 is 59.2 Å². The van der Waals surface area contributed by atoms with E-state index in [0.29, 0.717) is 0 Å². The molecule has 0 heterocycles. The first-order chi connectivity index (χ1) is 5.00. The first kappa shape index (κ1) is 15.4. The zero-order chi connectivity index (χ0) is 8.74. The largest absolute Gasteiger partial charge is 1.00 e. The van der Waals surface area contributed by atoms with Crippen molar-refractivity contribution >= 4 is 7.82 Å². The second-order valence-corrected chi connectivity index (χ2v) is 2.69. The molecule has 0 saturated carbocycles. The summed E-state index contributed by atoms with van der Waals surface area (Å²) in [6.07, 6.45) is 0. The summed E-state index contributed by atoms with van der Waals surface area (Å²) in [5, 5.41) is 0. The van der Waals surface area contributed by atoms with Crippen molar-refractivity contribution in [3.8, 4) is 0 Å². The molecule has 0 fully saturated rings. The first-order valence-corrected chi connectivity index (χ1v) is 4.35. The average Bonchev–Trinajstić information content (AvgIpc) is 1.88. The molecule has 0 aromatic heterocycles. The van der Waals surface area contributed by atoms with Gasteiger partial charge < -0.3 is 16.1 Å². The molecule has 3 N–H and O–H groups in total. The summed E-state index contributed by atoms with van der Waals surface area (Å²) in [7, 11) is -4.64. The van der Waals surface area contributed by atoms with Gasteiger partial charge in [0, 0.05) is 0 Å². The fourth-order valence-corrected chi connectivity index (χ4v) is 0.385. The van der Waals surface area contributed by atoms with E-state index in [9.17, 15) is 0 Å². The van der Waals surface area contributed by atoms with Crippen LogP contribution in [-0.4, -0.2) is 14.7 Å². The number of phosphoric acid groups is 1. The van der Waals surface area contributed by atoms with Crippen LogP contribution in [0.1, 0.15) is 1.43 Å². The fourth-order valence-electron chi connectivity index (χ4n) is 0.385. The van der Waals surface area contributed by atoms with Crippen LogP contribution in [0.3, 0.4) is 0 Å². The molecule has 0 aliphatic carbocycles. The van der Waals surface area contributed by atoms with Gasteiger partial charge in [-0.15, -0.1) is 0 Å². The van der Waals surface area contributed by atoms with Gasteiger partial charge in [0.05, 0.1) is 0 Å². The molecule has 1 aromatic rings. The van der Waals surface area contributed by atoms with Crippen molar-refractivity contribution in [2.75, 3.05) is 0 Å². The molecule has 0 bridgehead atoms. The summed E-state index contributed by atoms with van der Waals surface area (Å²) in [4.78, 5) is 21.6. The second kappa shape index (κ2) is 8.56. The molecule has 0 atom stereocenters. The van der Waals surface area contributed by atoms with Gasteiger partial charge in [0.1, 0.15) is 0 Å². The molecule has 0 amide bonds. The maximum Gasteiger partial charge on any atom is 1.00 e. The predicted octanol–water partition coefficient (Wildman–Crippen LogP) is -2.13. The second-order valence-electron chi connectivity index (χ2n) is 1.67. The summed E-state index contributed by atoms with van der Waals surface area (Å²) in [6.45, 7) is 0. The summed E-state index contributed by atoms with van der Waals surface area (Å²) in [5.41, 5.74) is 0. The number of benzene rings is 1. The van der Waals surface area contributed by atoms with Crippen molar-refractivity contribution in [1.29, 1.82) is 0 Å². The third kappa shape index (κ3) is 22.4. The Morgan fingerprint density at radius 3 is 1.00 bits per heavy atom. The molecule has 4 nitrogen and oxygen atoms in total. The molecule has 0 aliphatic heterocycles. The van der Waals surface area contributed by atoms with E-state index in [4.69, 9.17) is 19.2 Å². The molecular formula is C6H10KO4P. The molecule has 0 unspecified atom stereocenters. The van der Waals surface area contributed by atoms with Crippen molar-refractivity contribution in [1.82, 2.24) is 0 Å². The molecule has 0 aliphatic rings. The van der Waals surface area contributed by atoms with Crippen LogP contribution < -0.4 is 51.4 Å². The molecule has 12 heavy (non-hydrogen) atoms.